The van der Waals surface area contributed by atoms with Gasteiger partial charge >= 0.3 is 13.8 Å². The fourth-order valence-electron chi connectivity index (χ4n) is 7.29. The summed E-state index contributed by atoms with van der Waals surface area (Å²) < 4.78 is 33.5. The third kappa shape index (κ3) is 46.2. The molecule has 0 bridgehead atoms. The number of phosphoric acid groups is 1. The SMILES string of the molecule is CCCCCCCCC/C=C\CCCCCCCCOCC(COP(=O)(O)OCCN)OC(=O)CCCCCCCCCCCCCCCCCCCCCCC. The van der Waals surface area contributed by atoms with Gasteiger partial charge in [0.2, 0.25) is 0 Å². The van der Waals surface area contributed by atoms with Gasteiger partial charge in [0.1, 0.15) is 6.10 Å². The summed E-state index contributed by atoms with van der Waals surface area (Å²) in [7, 11) is -4.28. The van der Waals surface area contributed by atoms with E-state index >= 15 is 0 Å². The predicted octanol–water partition coefficient (Wildman–Crippen LogP) is 15.0. The zero-order valence-electron chi connectivity index (χ0n) is 37.9. The van der Waals surface area contributed by atoms with E-state index < -0.39 is 13.9 Å². The lowest BCUT2D eigenvalue weighted by atomic mass is 10.0. The number of nitrogens with two attached hydrogens (primary N) is 1. The van der Waals surface area contributed by atoms with Crippen molar-refractivity contribution in [3.63, 3.8) is 0 Å². The molecule has 0 aromatic rings. The summed E-state index contributed by atoms with van der Waals surface area (Å²) in [6, 6.07) is 0. The summed E-state index contributed by atoms with van der Waals surface area (Å²) in [5.41, 5.74) is 5.38. The van der Waals surface area contributed by atoms with Crippen LogP contribution in [0.25, 0.3) is 0 Å². The lowest BCUT2D eigenvalue weighted by Gasteiger charge is -2.20. The minimum absolute atomic E-state index is 0.0930. The second kappa shape index (κ2) is 46.3. The third-order valence-corrected chi connectivity index (χ3v) is 11.9. The summed E-state index contributed by atoms with van der Waals surface area (Å²) >= 11 is 0. The number of carbonyl (C=O) groups excluding carboxylic acids is 1. The average Bonchev–Trinajstić information content (AvgIpc) is 3.20. The van der Waals surface area contributed by atoms with E-state index in [1.54, 1.807) is 0 Å². The smallest absolute Gasteiger partial charge is 0.457 e. The Morgan fingerprint density at radius 3 is 1.28 bits per heavy atom. The van der Waals surface area contributed by atoms with Gasteiger partial charge in [0, 0.05) is 19.6 Å². The number of esters is 1. The summed E-state index contributed by atoms with van der Waals surface area (Å²) in [5.74, 6) is -0.326. The van der Waals surface area contributed by atoms with E-state index in [0.717, 1.165) is 32.1 Å². The van der Waals surface area contributed by atoms with Crippen molar-refractivity contribution in [1.29, 1.82) is 0 Å². The highest BCUT2D eigenvalue weighted by Gasteiger charge is 2.25. The van der Waals surface area contributed by atoms with Gasteiger partial charge in [0.25, 0.3) is 0 Å². The molecule has 2 atom stereocenters. The van der Waals surface area contributed by atoms with Gasteiger partial charge < -0.3 is 20.1 Å². The quantitative estimate of drug-likeness (QED) is 0.0269. The molecule has 0 heterocycles. The fourth-order valence-corrected chi connectivity index (χ4v) is 8.05. The molecule has 340 valence electrons. The lowest BCUT2D eigenvalue weighted by Crippen LogP contribution is -2.28. The monoisotopic (exact) mass is 830 g/mol. The van der Waals surface area contributed by atoms with Crippen molar-refractivity contribution < 1.29 is 32.8 Å². The molecule has 0 saturated heterocycles. The second-order valence-corrected chi connectivity index (χ2v) is 18.1. The Balaban J connectivity index is 3.92. The van der Waals surface area contributed by atoms with Crippen LogP contribution in [-0.4, -0.2) is 49.9 Å². The van der Waals surface area contributed by atoms with E-state index in [1.807, 2.05) is 0 Å². The molecule has 0 aromatic heterocycles. The zero-order chi connectivity index (χ0) is 41.6. The highest BCUT2D eigenvalue weighted by molar-refractivity contribution is 7.47. The van der Waals surface area contributed by atoms with Crippen LogP contribution >= 0.6 is 7.82 Å². The van der Waals surface area contributed by atoms with Gasteiger partial charge in [-0.05, 0) is 38.5 Å². The lowest BCUT2D eigenvalue weighted by molar-refractivity contribution is -0.154. The number of hydrogen-bond acceptors (Lipinski definition) is 7. The van der Waals surface area contributed by atoms with Crippen molar-refractivity contribution >= 4 is 13.8 Å². The topological polar surface area (TPSA) is 117 Å². The number of rotatable bonds is 48. The van der Waals surface area contributed by atoms with Gasteiger partial charge in [0.05, 0.1) is 19.8 Å². The van der Waals surface area contributed by atoms with Crippen LogP contribution in [0.1, 0.15) is 251 Å². The summed E-state index contributed by atoms with van der Waals surface area (Å²) in [5, 5.41) is 0. The van der Waals surface area contributed by atoms with Gasteiger partial charge in [-0.2, -0.15) is 0 Å². The highest BCUT2D eigenvalue weighted by Crippen LogP contribution is 2.43. The standard InChI is InChI=1S/C48H96NO7P/c1-3-5-7-9-11-13-15-17-19-21-22-23-24-25-27-29-31-33-35-37-39-41-48(50)56-47(46-55-57(51,52)54-44-42-49)45-53-43-40-38-36-34-32-30-28-26-20-18-16-14-12-10-8-6-4-2/h20,26,47H,3-19,21-25,27-46,49H2,1-2H3,(H,51,52)/b26-20-. The van der Waals surface area contributed by atoms with E-state index in [-0.39, 0.29) is 32.3 Å². The first-order chi connectivity index (χ1) is 27.9. The van der Waals surface area contributed by atoms with Crippen LogP contribution in [0.2, 0.25) is 0 Å². The van der Waals surface area contributed by atoms with Crippen molar-refractivity contribution in [2.45, 2.75) is 258 Å². The Labute approximate surface area is 354 Å². The first-order valence-corrected chi connectivity index (χ1v) is 26.2. The maximum Gasteiger partial charge on any atom is 0.472 e. The highest BCUT2D eigenvalue weighted by atomic mass is 31.2. The van der Waals surface area contributed by atoms with E-state index in [0.29, 0.717) is 13.0 Å². The van der Waals surface area contributed by atoms with Gasteiger partial charge in [-0.1, -0.05) is 219 Å². The van der Waals surface area contributed by atoms with Gasteiger partial charge in [-0.25, -0.2) is 4.57 Å². The van der Waals surface area contributed by atoms with Crippen LogP contribution in [-0.2, 0) is 27.9 Å². The van der Waals surface area contributed by atoms with E-state index in [9.17, 15) is 14.3 Å². The Kier molecular flexibility index (Phi) is 45.7. The molecule has 0 rings (SSSR count). The molecule has 0 aliphatic heterocycles. The Morgan fingerprint density at radius 2 is 0.877 bits per heavy atom. The third-order valence-electron chi connectivity index (χ3n) is 10.9. The molecule has 0 aliphatic rings. The Morgan fingerprint density at radius 1 is 0.509 bits per heavy atom. The van der Waals surface area contributed by atoms with Gasteiger partial charge in [0.15, 0.2) is 0 Å². The van der Waals surface area contributed by atoms with Crippen LogP contribution in [0.3, 0.4) is 0 Å². The molecule has 0 radical (unpaired) electrons. The zero-order valence-corrected chi connectivity index (χ0v) is 38.7. The maximum absolute atomic E-state index is 12.6. The summed E-state index contributed by atoms with van der Waals surface area (Å²) in [6.45, 7) is 4.97. The fraction of sp³-hybridized carbons (Fsp3) is 0.938. The number of hydrogen-bond donors (Lipinski definition) is 2. The summed E-state index contributed by atoms with van der Waals surface area (Å²) in [6.07, 6.45) is 51.0. The molecule has 0 saturated carbocycles. The molecule has 0 spiro atoms. The van der Waals surface area contributed by atoms with Crippen molar-refractivity contribution in [2.75, 3.05) is 33.0 Å². The van der Waals surface area contributed by atoms with Crippen LogP contribution < -0.4 is 5.73 Å². The maximum atomic E-state index is 12.6. The Hall–Kier alpha value is -0.760. The minimum atomic E-state index is -4.28. The number of allylic oxidation sites excluding steroid dienone is 2. The second-order valence-electron chi connectivity index (χ2n) is 16.7. The van der Waals surface area contributed by atoms with E-state index in [1.165, 1.54) is 199 Å². The molecule has 0 amide bonds. The molecule has 2 unspecified atom stereocenters. The average molecular weight is 830 g/mol. The molecule has 0 aliphatic carbocycles. The van der Waals surface area contributed by atoms with Crippen molar-refractivity contribution in [3.05, 3.63) is 12.2 Å². The molecular weight excluding hydrogens is 734 g/mol. The first-order valence-electron chi connectivity index (χ1n) is 24.7. The predicted molar refractivity (Wildman–Crippen MR) is 243 cm³/mol. The van der Waals surface area contributed by atoms with E-state index in [4.69, 9.17) is 24.3 Å². The molecule has 57 heavy (non-hydrogen) atoms. The number of ether oxygens (including phenoxy) is 2. The normalized spacial score (nSPS) is 13.4. The first kappa shape index (κ1) is 56.2. The van der Waals surface area contributed by atoms with Crippen molar-refractivity contribution in [3.8, 4) is 0 Å². The van der Waals surface area contributed by atoms with Crippen LogP contribution in [0.4, 0.5) is 0 Å². The molecule has 3 N–H and O–H groups in total. The molecule has 9 heteroatoms. The molecule has 0 aromatic carbocycles. The number of unbranched alkanes of at least 4 members (excludes halogenated alkanes) is 33. The number of phosphoric ester groups is 1. The van der Waals surface area contributed by atoms with Crippen molar-refractivity contribution in [1.82, 2.24) is 0 Å². The van der Waals surface area contributed by atoms with Gasteiger partial charge in [-0.15, -0.1) is 0 Å². The van der Waals surface area contributed by atoms with Crippen molar-refractivity contribution in [2.24, 2.45) is 5.73 Å². The minimum Gasteiger partial charge on any atom is -0.457 e. The molecular formula is C48H96NO7P. The van der Waals surface area contributed by atoms with Crippen LogP contribution in [0.5, 0.6) is 0 Å². The largest absolute Gasteiger partial charge is 0.472 e. The number of carbonyl (C=O) groups is 1. The summed E-state index contributed by atoms with van der Waals surface area (Å²) in [4.78, 5) is 22.6. The van der Waals surface area contributed by atoms with Crippen LogP contribution in [0.15, 0.2) is 12.2 Å². The Bertz CT molecular complexity index is 889. The van der Waals surface area contributed by atoms with Crippen LogP contribution in [0, 0.1) is 0 Å². The van der Waals surface area contributed by atoms with E-state index in [2.05, 4.69) is 26.0 Å². The molecule has 8 nitrogen and oxygen atoms in total. The van der Waals surface area contributed by atoms with Gasteiger partial charge in [-0.3, -0.25) is 13.8 Å². The molecule has 0 fully saturated rings.